The Morgan fingerprint density at radius 2 is 1.88 bits per heavy atom. The Hall–Kier alpha value is -3.17. The number of aromatic nitrogens is 7. The van der Waals surface area contributed by atoms with Crippen molar-refractivity contribution in [2.75, 3.05) is 6.61 Å². The third kappa shape index (κ3) is 4.53. The van der Waals surface area contributed by atoms with E-state index >= 15 is 0 Å². The highest BCUT2D eigenvalue weighted by atomic mass is 16.3. The minimum absolute atomic E-state index is 0.0844. The van der Waals surface area contributed by atoms with E-state index in [1.54, 1.807) is 18.6 Å². The second-order valence-electron chi connectivity index (χ2n) is 9.11. The quantitative estimate of drug-likeness (QED) is 0.437. The van der Waals surface area contributed by atoms with Gasteiger partial charge >= 0.3 is 0 Å². The van der Waals surface area contributed by atoms with E-state index < -0.39 is 0 Å². The monoisotopic (exact) mass is 435 g/mol. The summed E-state index contributed by atoms with van der Waals surface area (Å²) >= 11 is 0. The molecule has 4 aromatic rings. The summed E-state index contributed by atoms with van der Waals surface area (Å²) in [6.07, 6.45) is 7.69. The van der Waals surface area contributed by atoms with E-state index in [0.717, 1.165) is 28.0 Å². The highest BCUT2D eigenvalue weighted by Crippen LogP contribution is 2.23. The van der Waals surface area contributed by atoms with Crippen molar-refractivity contribution in [3.8, 4) is 11.4 Å². The first-order chi connectivity index (χ1) is 15.3. The van der Waals surface area contributed by atoms with Crippen LogP contribution in [-0.4, -0.2) is 51.1 Å². The maximum atomic E-state index is 9.65. The van der Waals surface area contributed by atoms with E-state index in [9.17, 15) is 10.2 Å². The lowest BCUT2D eigenvalue weighted by Crippen LogP contribution is -2.23. The van der Waals surface area contributed by atoms with Gasteiger partial charge in [-0.25, -0.2) is 15.0 Å². The third-order valence-corrected chi connectivity index (χ3v) is 5.35. The molecule has 0 fully saturated rings. The molecular formula is C23H29N7O2. The number of aliphatic hydroxyl groups excluding tert-OH is 2. The van der Waals surface area contributed by atoms with Crippen LogP contribution in [0, 0.1) is 5.41 Å². The van der Waals surface area contributed by atoms with Crippen LogP contribution in [0.5, 0.6) is 0 Å². The van der Waals surface area contributed by atoms with Crippen molar-refractivity contribution in [3.63, 3.8) is 0 Å². The molecule has 0 saturated heterocycles. The zero-order valence-corrected chi connectivity index (χ0v) is 18.9. The fourth-order valence-electron chi connectivity index (χ4n) is 3.75. The van der Waals surface area contributed by atoms with E-state index in [4.69, 9.17) is 4.98 Å². The van der Waals surface area contributed by atoms with E-state index in [-0.39, 0.29) is 24.7 Å². The fraction of sp³-hybridized carbons (Fsp3) is 0.435. The Morgan fingerprint density at radius 3 is 2.59 bits per heavy atom. The van der Waals surface area contributed by atoms with Crippen LogP contribution in [0.15, 0.2) is 36.9 Å². The van der Waals surface area contributed by atoms with Crippen LogP contribution in [0.3, 0.4) is 0 Å². The molecule has 4 rings (SSSR count). The Kier molecular flexibility index (Phi) is 6.03. The summed E-state index contributed by atoms with van der Waals surface area (Å²) in [7, 11) is 0. The molecule has 0 aliphatic heterocycles. The summed E-state index contributed by atoms with van der Waals surface area (Å²) in [4.78, 5) is 18.2. The van der Waals surface area contributed by atoms with Crippen molar-refractivity contribution in [1.82, 2.24) is 34.3 Å². The van der Waals surface area contributed by atoms with Crippen molar-refractivity contribution in [2.45, 2.75) is 53.3 Å². The lowest BCUT2D eigenvalue weighted by Gasteiger charge is -2.20. The Bertz CT molecular complexity index is 1230. The van der Waals surface area contributed by atoms with Gasteiger partial charge in [-0.05, 0) is 26.0 Å². The number of hydrogen-bond donors (Lipinski definition) is 2. The molecule has 0 saturated carbocycles. The Morgan fingerprint density at radius 1 is 1.06 bits per heavy atom. The predicted molar refractivity (Wildman–Crippen MR) is 121 cm³/mol. The molecule has 0 spiro atoms. The van der Waals surface area contributed by atoms with Gasteiger partial charge < -0.3 is 14.8 Å². The van der Waals surface area contributed by atoms with Crippen LogP contribution in [-0.2, 0) is 19.6 Å². The maximum Gasteiger partial charge on any atom is 0.162 e. The van der Waals surface area contributed by atoms with Crippen molar-refractivity contribution in [3.05, 3.63) is 54.1 Å². The third-order valence-electron chi connectivity index (χ3n) is 5.35. The standard InChI is InChI=1S/C23H29N7O2/c1-15(2)30-20-8-18(25-10-19(20)28-21(30)12-31)7-17-5-6-24-22(27-17)16-9-26-29(11-16)13-23(3,4)14-32/h5-6,8-11,15,31-32H,7,12-14H2,1-4H3. The number of aliphatic hydroxyl groups is 2. The van der Waals surface area contributed by atoms with Crippen LogP contribution in [0.25, 0.3) is 22.4 Å². The molecule has 168 valence electrons. The molecule has 9 nitrogen and oxygen atoms in total. The van der Waals surface area contributed by atoms with Gasteiger partial charge in [-0.1, -0.05) is 13.8 Å². The van der Waals surface area contributed by atoms with Crippen LogP contribution in [0.2, 0.25) is 0 Å². The van der Waals surface area contributed by atoms with Gasteiger partial charge in [0.15, 0.2) is 5.82 Å². The Balaban J connectivity index is 1.59. The molecule has 0 atom stereocenters. The summed E-state index contributed by atoms with van der Waals surface area (Å²) in [5, 5.41) is 23.5. The predicted octanol–water partition coefficient (Wildman–Crippen LogP) is 2.77. The molecule has 32 heavy (non-hydrogen) atoms. The number of rotatable bonds is 8. The average molecular weight is 436 g/mol. The molecule has 2 N–H and O–H groups in total. The minimum Gasteiger partial charge on any atom is -0.396 e. The van der Waals surface area contributed by atoms with Gasteiger partial charge in [-0.2, -0.15) is 5.10 Å². The van der Waals surface area contributed by atoms with Gasteiger partial charge in [0.05, 0.1) is 29.2 Å². The first-order valence-corrected chi connectivity index (χ1v) is 10.7. The second-order valence-corrected chi connectivity index (χ2v) is 9.11. The summed E-state index contributed by atoms with van der Waals surface area (Å²) in [6.45, 7) is 8.69. The van der Waals surface area contributed by atoms with Crippen LogP contribution < -0.4 is 0 Å². The van der Waals surface area contributed by atoms with E-state index in [1.165, 1.54) is 0 Å². The molecular weight excluding hydrogens is 406 g/mol. The summed E-state index contributed by atoms with van der Waals surface area (Å²) in [6, 6.07) is 4.07. The zero-order valence-electron chi connectivity index (χ0n) is 18.9. The van der Waals surface area contributed by atoms with Crippen molar-refractivity contribution >= 4 is 11.0 Å². The second kappa shape index (κ2) is 8.76. The first kappa shape index (κ1) is 22.0. The topological polar surface area (TPSA) is 115 Å². The molecule has 9 heteroatoms. The Labute approximate surface area is 186 Å². The number of hydrogen-bond acceptors (Lipinski definition) is 7. The van der Waals surface area contributed by atoms with Gasteiger partial charge in [0.2, 0.25) is 0 Å². The van der Waals surface area contributed by atoms with Gasteiger partial charge in [-0.15, -0.1) is 0 Å². The molecule has 0 aliphatic rings. The molecule has 4 heterocycles. The number of nitrogens with zero attached hydrogens (tertiary/aromatic N) is 7. The normalized spacial score (nSPS) is 12.2. The summed E-state index contributed by atoms with van der Waals surface area (Å²) in [5.74, 6) is 1.24. The van der Waals surface area contributed by atoms with E-state index in [1.807, 2.05) is 41.4 Å². The number of imidazole rings is 1. The minimum atomic E-state index is -0.255. The lowest BCUT2D eigenvalue weighted by molar-refractivity contribution is 0.136. The molecule has 0 aliphatic carbocycles. The maximum absolute atomic E-state index is 9.65. The lowest BCUT2D eigenvalue weighted by atomic mass is 9.95. The average Bonchev–Trinajstić information content (AvgIpc) is 3.37. The van der Waals surface area contributed by atoms with Crippen molar-refractivity contribution in [1.29, 1.82) is 0 Å². The SMILES string of the molecule is CC(C)n1c(CO)nc2cnc(Cc3ccnc(-c4cnn(CC(C)(C)CO)c4)n3)cc21. The van der Waals surface area contributed by atoms with Gasteiger partial charge in [0, 0.05) is 49.1 Å². The van der Waals surface area contributed by atoms with Crippen LogP contribution in [0.4, 0.5) is 0 Å². The van der Waals surface area contributed by atoms with Crippen molar-refractivity contribution in [2.24, 2.45) is 5.41 Å². The van der Waals surface area contributed by atoms with Crippen LogP contribution >= 0.6 is 0 Å². The molecule has 0 radical (unpaired) electrons. The molecule has 0 amide bonds. The summed E-state index contributed by atoms with van der Waals surface area (Å²) < 4.78 is 3.84. The highest BCUT2D eigenvalue weighted by Gasteiger charge is 2.18. The molecule has 4 aromatic heterocycles. The first-order valence-electron chi connectivity index (χ1n) is 10.7. The molecule has 0 aromatic carbocycles. The van der Waals surface area contributed by atoms with Gasteiger partial charge in [0.1, 0.15) is 17.9 Å². The largest absolute Gasteiger partial charge is 0.396 e. The van der Waals surface area contributed by atoms with Crippen molar-refractivity contribution < 1.29 is 10.2 Å². The smallest absolute Gasteiger partial charge is 0.162 e. The number of pyridine rings is 1. The molecule has 0 unspecified atom stereocenters. The zero-order chi connectivity index (χ0) is 22.9. The van der Waals surface area contributed by atoms with Crippen LogP contribution in [0.1, 0.15) is 50.9 Å². The fourth-order valence-corrected chi connectivity index (χ4v) is 3.75. The van der Waals surface area contributed by atoms with E-state index in [0.29, 0.717) is 24.6 Å². The van der Waals surface area contributed by atoms with E-state index in [2.05, 4.69) is 33.9 Å². The van der Waals surface area contributed by atoms with Gasteiger partial charge in [-0.3, -0.25) is 9.67 Å². The van der Waals surface area contributed by atoms with Gasteiger partial charge in [0.25, 0.3) is 0 Å². The molecule has 0 bridgehead atoms. The number of fused-ring (bicyclic) bond motifs is 1. The summed E-state index contributed by atoms with van der Waals surface area (Å²) in [5.41, 5.74) is 4.02. The highest BCUT2D eigenvalue weighted by molar-refractivity contribution is 5.75.